The summed E-state index contributed by atoms with van der Waals surface area (Å²) in [5.41, 5.74) is 1.63. The lowest BCUT2D eigenvalue weighted by atomic mass is 10.3. The molecule has 11 heteroatoms. The van der Waals surface area contributed by atoms with Gasteiger partial charge in [-0.1, -0.05) is 46.9 Å². The fourth-order valence-corrected chi connectivity index (χ4v) is 4.94. The van der Waals surface area contributed by atoms with Gasteiger partial charge in [0.05, 0.1) is 28.2 Å². The van der Waals surface area contributed by atoms with Crippen molar-refractivity contribution in [2.75, 3.05) is 17.1 Å². The van der Waals surface area contributed by atoms with Gasteiger partial charge in [-0.15, -0.1) is 0 Å². The zero-order valence-corrected chi connectivity index (χ0v) is 19.5. The zero-order chi connectivity index (χ0) is 22.9. The SMILES string of the molecule is COc1ccc(Nc2nc3ccccc3nc2NS(=O)(=O)c2cc(Cl)ccc2Cl)cc1Cl. The summed E-state index contributed by atoms with van der Waals surface area (Å²) in [6.45, 7) is 0. The van der Waals surface area contributed by atoms with Crippen LogP contribution in [-0.2, 0) is 10.0 Å². The van der Waals surface area contributed by atoms with Crippen molar-refractivity contribution in [2.45, 2.75) is 4.90 Å². The van der Waals surface area contributed by atoms with E-state index in [1.54, 1.807) is 42.5 Å². The predicted molar refractivity (Wildman–Crippen MR) is 128 cm³/mol. The van der Waals surface area contributed by atoms with Crippen LogP contribution in [-0.4, -0.2) is 25.5 Å². The second kappa shape index (κ2) is 8.99. The molecule has 0 saturated carbocycles. The Hall–Kier alpha value is -2.78. The maximum absolute atomic E-state index is 13.1. The van der Waals surface area contributed by atoms with E-state index < -0.39 is 10.0 Å². The topological polar surface area (TPSA) is 93.2 Å². The van der Waals surface area contributed by atoms with Crippen molar-refractivity contribution in [3.8, 4) is 5.75 Å². The molecule has 32 heavy (non-hydrogen) atoms. The molecule has 0 amide bonds. The van der Waals surface area contributed by atoms with Crippen molar-refractivity contribution < 1.29 is 13.2 Å². The highest BCUT2D eigenvalue weighted by Gasteiger charge is 2.22. The standard InChI is InChI=1S/C21H15Cl3N4O3S/c1-31-18-9-7-13(11-15(18)24)25-20-21(27-17-5-3-2-4-16(17)26-20)28-32(29,30)19-10-12(22)6-8-14(19)23/h2-11H,1H3,(H,25,26)(H,27,28). The number of para-hydroxylation sites is 2. The van der Waals surface area contributed by atoms with Crippen LogP contribution < -0.4 is 14.8 Å². The Balaban J connectivity index is 1.79. The summed E-state index contributed by atoms with van der Waals surface area (Å²) < 4.78 is 33.8. The zero-order valence-electron chi connectivity index (χ0n) is 16.4. The lowest BCUT2D eigenvalue weighted by Gasteiger charge is -2.15. The molecule has 4 rings (SSSR count). The van der Waals surface area contributed by atoms with Crippen LogP contribution in [0.25, 0.3) is 11.0 Å². The molecule has 7 nitrogen and oxygen atoms in total. The van der Waals surface area contributed by atoms with Crippen molar-refractivity contribution >= 4 is 73.2 Å². The predicted octanol–water partition coefficient (Wildman–Crippen LogP) is 6.14. The minimum Gasteiger partial charge on any atom is -0.495 e. The van der Waals surface area contributed by atoms with E-state index in [2.05, 4.69) is 20.0 Å². The Morgan fingerprint density at radius 1 is 0.844 bits per heavy atom. The van der Waals surface area contributed by atoms with Gasteiger partial charge in [0, 0.05) is 10.7 Å². The van der Waals surface area contributed by atoms with Gasteiger partial charge in [0.25, 0.3) is 10.0 Å². The van der Waals surface area contributed by atoms with E-state index in [4.69, 9.17) is 39.5 Å². The fraction of sp³-hybridized carbons (Fsp3) is 0.0476. The van der Waals surface area contributed by atoms with Crippen LogP contribution >= 0.6 is 34.8 Å². The number of fused-ring (bicyclic) bond motifs is 1. The van der Waals surface area contributed by atoms with Crippen molar-refractivity contribution in [3.05, 3.63) is 75.7 Å². The molecule has 0 radical (unpaired) electrons. The first-order valence-corrected chi connectivity index (χ1v) is 11.7. The van der Waals surface area contributed by atoms with Gasteiger partial charge < -0.3 is 10.1 Å². The van der Waals surface area contributed by atoms with Gasteiger partial charge >= 0.3 is 0 Å². The number of benzene rings is 3. The molecular weight excluding hydrogens is 495 g/mol. The highest BCUT2D eigenvalue weighted by atomic mass is 35.5. The summed E-state index contributed by atoms with van der Waals surface area (Å²) in [5, 5.41) is 3.68. The van der Waals surface area contributed by atoms with E-state index in [-0.39, 0.29) is 26.6 Å². The third-order valence-electron chi connectivity index (χ3n) is 4.40. The van der Waals surface area contributed by atoms with Gasteiger partial charge in [0.2, 0.25) is 0 Å². The highest BCUT2D eigenvalue weighted by molar-refractivity contribution is 7.92. The highest BCUT2D eigenvalue weighted by Crippen LogP contribution is 2.32. The Labute approximate surface area is 199 Å². The van der Waals surface area contributed by atoms with Gasteiger partial charge in [-0.3, -0.25) is 4.72 Å². The van der Waals surface area contributed by atoms with Crippen LogP contribution in [0.2, 0.25) is 15.1 Å². The number of anilines is 3. The number of methoxy groups -OCH3 is 1. The third-order valence-corrected chi connectivity index (χ3v) is 6.75. The van der Waals surface area contributed by atoms with E-state index in [0.29, 0.717) is 27.5 Å². The molecule has 0 aliphatic carbocycles. The normalized spacial score (nSPS) is 11.4. The maximum atomic E-state index is 13.1. The smallest absolute Gasteiger partial charge is 0.264 e. The van der Waals surface area contributed by atoms with Crippen molar-refractivity contribution in [1.29, 1.82) is 0 Å². The fourth-order valence-electron chi connectivity index (χ4n) is 2.90. The molecule has 1 heterocycles. The number of sulfonamides is 1. The Morgan fingerprint density at radius 3 is 2.19 bits per heavy atom. The van der Waals surface area contributed by atoms with Crippen LogP contribution in [0.3, 0.4) is 0 Å². The average molecular weight is 510 g/mol. The van der Waals surface area contributed by atoms with Crippen molar-refractivity contribution in [1.82, 2.24) is 9.97 Å². The number of rotatable bonds is 6. The Morgan fingerprint density at radius 2 is 1.53 bits per heavy atom. The van der Waals surface area contributed by atoms with Crippen LogP contribution in [0.4, 0.5) is 17.3 Å². The molecule has 0 aliphatic rings. The first-order chi connectivity index (χ1) is 15.3. The number of nitrogens with one attached hydrogen (secondary N) is 2. The molecule has 0 bridgehead atoms. The monoisotopic (exact) mass is 508 g/mol. The van der Waals surface area contributed by atoms with Crippen LogP contribution in [0, 0.1) is 0 Å². The van der Waals surface area contributed by atoms with Gasteiger partial charge in [0.1, 0.15) is 10.6 Å². The first kappa shape index (κ1) is 22.4. The molecule has 164 valence electrons. The van der Waals surface area contributed by atoms with Crippen molar-refractivity contribution in [3.63, 3.8) is 0 Å². The lowest BCUT2D eigenvalue weighted by Crippen LogP contribution is -2.16. The van der Waals surface area contributed by atoms with Gasteiger partial charge in [-0.2, -0.15) is 0 Å². The van der Waals surface area contributed by atoms with Crippen LogP contribution in [0.1, 0.15) is 0 Å². The third kappa shape index (κ3) is 4.68. The minimum atomic E-state index is -4.12. The Kier molecular flexibility index (Phi) is 6.30. The van der Waals surface area contributed by atoms with E-state index in [1.165, 1.54) is 25.3 Å². The number of ether oxygens (including phenoxy) is 1. The van der Waals surface area contributed by atoms with Gasteiger partial charge in [0.15, 0.2) is 11.6 Å². The van der Waals surface area contributed by atoms with E-state index in [9.17, 15) is 8.42 Å². The summed E-state index contributed by atoms with van der Waals surface area (Å²) in [7, 11) is -2.61. The minimum absolute atomic E-state index is 0.0205. The van der Waals surface area contributed by atoms with Gasteiger partial charge in [-0.25, -0.2) is 18.4 Å². The molecule has 0 fully saturated rings. The van der Waals surface area contributed by atoms with E-state index in [0.717, 1.165) is 0 Å². The molecule has 1 aromatic heterocycles. The number of halogens is 3. The maximum Gasteiger partial charge on any atom is 0.264 e. The summed E-state index contributed by atoms with van der Waals surface area (Å²) >= 11 is 18.3. The second-order valence-electron chi connectivity index (χ2n) is 6.56. The van der Waals surface area contributed by atoms with E-state index >= 15 is 0 Å². The van der Waals surface area contributed by atoms with Crippen LogP contribution in [0.15, 0.2) is 65.6 Å². The molecule has 0 spiro atoms. The largest absolute Gasteiger partial charge is 0.495 e. The van der Waals surface area contributed by atoms with Gasteiger partial charge in [-0.05, 0) is 48.5 Å². The molecule has 3 aromatic carbocycles. The summed E-state index contributed by atoms with van der Waals surface area (Å²) in [5.74, 6) is 0.650. The summed E-state index contributed by atoms with van der Waals surface area (Å²) in [6, 6.07) is 16.3. The molecule has 0 saturated heterocycles. The quantitative estimate of drug-likeness (QED) is 0.324. The first-order valence-electron chi connectivity index (χ1n) is 9.12. The molecule has 2 N–H and O–H groups in total. The molecule has 4 aromatic rings. The van der Waals surface area contributed by atoms with Crippen LogP contribution in [0.5, 0.6) is 5.75 Å². The number of aromatic nitrogens is 2. The second-order valence-corrected chi connectivity index (χ2v) is 9.47. The lowest BCUT2D eigenvalue weighted by molar-refractivity contribution is 0.415. The molecular formula is C21H15Cl3N4O3S. The summed E-state index contributed by atoms with van der Waals surface area (Å²) in [4.78, 5) is 8.79. The van der Waals surface area contributed by atoms with E-state index in [1.807, 2.05) is 0 Å². The number of nitrogens with zero attached hydrogens (tertiary/aromatic N) is 2. The Bertz CT molecular complexity index is 1430. The molecule has 0 unspecified atom stereocenters. The number of hydrogen-bond donors (Lipinski definition) is 2. The van der Waals surface area contributed by atoms with Crippen molar-refractivity contribution in [2.24, 2.45) is 0 Å². The molecule has 0 aliphatic heterocycles. The molecule has 0 atom stereocenters. The summed E-state index contributed by atoms with van der Waals surface area (Å²) in [6.07, 6.45) is 0. The average Bonchev–Trinajstić information content (AvgIpc) is 2.75. The number of hydrogen-bond acceptors (Lipinski definition) is 6.